The molecule has 0 spiro atoms. The molecule has 0 saturated carbocycles. The van der Waals surface area contributed by atoms with E-state index in [1.165, 1.54) is 0 Å². The van der Waals surface area contributed by atoms with Crippen molar-refractivity contribution in [3.8, 4) is 11.8 Å². The van der Waals surface area contributed by atoms with Crippen molar-refractivity contribution >= 4 is 16.1 Å². The highest BCUT2D eigenvalue weighted by atomic mass is 32.2. The first-order valence-corrected chi connectivity index (χ1v) is 5.42. The number of carbonyl (C=O) groups is 1. The number of sulfone groups is 1. The van der Waals surface area contributed by atoms with Gasteiger partial charge in [0.1, 0.15) is 6.29 Å². The molecule has 1 rings (SSSR count). The molecular weight excluding hydrogens is 176 g/mol. The first-order valence-electron chi connectivity index (χ1n) is 3.60. The first kappa shape index (κ1) is 9.27. The highest BCUT2D eigenvalue weighted by molar-refractivity contribution is 7.93. The second-order valence-corrected chi connectivity index (χ2v) is 5.18. The molecule has 0 aromatic carbocycles. The van der Waals surface area contributed by atoms with Gasteiger partial charge in [-0.2, -0.15) is 0 Å². The van der Waals surface area contributed by atoms with Crippen molar-refractivity contribution in [2.45, 2.75) is 13.3 Å². The summed E-state index contributed by atoms with van der Waals surface area (Å²) in [6.45, 7) is 1.67. The van der Waals surface area contributed by atoms with Crippen LogP contribution in [0.4, 0.5) is 0 Å². The molecule has 0 aromatic rings. The van der Waals surface area contributed by atoms with E-state index in [1.54, 1.807) is 6.92 Å². The maximum absolute atomic E-state index is 10.8. The fourth-order valence-corrected chi connectivity index (χ4v) is 3.32. The quantitative estimate of drug-likeness (QED) is 0.451. The van der Waals surface area contributed by atoms with E-state index in [-0.39, 0.29) is 11.5 Å². The van der Waals surface area contributed by atoms with E-state index in [0.29, 0.717) is 6.42 Å². The molecule has 0 N–H and O–H groups in total. The Hall–Kier alpha value is -0.820. The van der Waals surface area contributed by atoms with Gasteiger partial charge in [0.2, 0.25) is 0 Å². The van der Waals surface area contributed by atoms with Gasteiger partial charge in [0.15, 0.2) is 9.84 Å². The van der Waals surface area contributed by atoms with E-state index >= 15 is 0 Å². The zero-order valence-corrected chi connectivity index (χ0v) is 7.65. The molecule has 4 heteroatoms. The number of carbonyl (C=O) groups excluding carboxylic acids is 1. The molecule has 1 fully saturated rings. The highest BCUT2D eigenvalue weighted by Gasteiger charge is 2.47. The smallest absolute Gasteiger partial charge is 0.152 e. The second kappa shape index (κ2) is 2.91. The molecule has 1 saturated heterocycles. The van der Waals surface area contributed by atoms with E-state index in [2.05, 4.69) is 11.8 Å². The minimum atomic E-state index is -2.93. The average molecular weight is 186 g/mol. The monoisotopic (exact) mass is 186 g/mol. The summed E-state index contributed by atoms with van der Waals surface area (Å²) in [5, 5.41) is 0. The SMILES string of the molecule is CC#CCC1(C=O)CS(=O)(=O)C1. The van der Waals surface area contributed by atoms with Crippen molar-refractivity contribution in [3.05, 3.63) is 0 Å². The Kier molecular flexibility index (Phi) is 2.25. The van der Waals surface area contributed by atoms with Gasteiger partial charge in [0.25, 0.3) is 0 Å². The third kappa shape index (κ3) is 1.67. The average Bonchev–Trinajstić information content (AvgIpc) is 1.96. The Morgan fingerprint density at radius 2 is 2.08 bits per heavy atom. The lowest BCUT2D eigenvalue weighted by Crippen LogP contribution is -2.49. The van der Waals surface area contributed by atoms with E-state index < -0.39 is 15.3 Å². The third-order valence-corrected chi connectivity index (χ3v) is 3.91. The third-order valence-electron chi connectivity index (χ3n) is 1.88. The van der Waals surface area contributed by atoms with Crippen LogP contribution in [0.2, 0.25) is 0 Å². The normalized spacial score (nSPS) is 23.1. The fraction of sp³-hybridized carbons (Fsp3) is 0.625. The van der Waals surface area contributed by atoms with Gasteiger partial charge in [-0.1, -0.05) is 0 Å². The molecule has 1 heterocycles. The van der Waals surface area contributed by atoms with Crippen LogP contribution in [0.25, 0.3) is 0 Å². The highest BCUT2D eigenvalue weighted by Crippen LogP contribution is 2.33. The number of rotatable bonds is 2. The van der Waals surface area contributed by atoms with Crippen LogP contribution in [-0.2, 0) is 14.6 Å². The lowest BCUT2D eigenvalue weighted by atomic mass is 9.90. The molecule has 66 valence electrons. The van der Waals surface area contributed by atoms with Crippen LogP contribution in [0.15, 0.2) is 0 Å². The van der Waals surface area contributed by atoms with E-state index in [1.807, 2.05) is 0 Å². The molecule has 0 bridgehead atoms. The van der Waals surface area contributed by atoms with E-state index in [9.17, 15) is 13.2 Å². The Balaban J connectivity index is 2.69. The van der Waals surface area contributed by atoms with Gasteiger partial charge < -0.3 is 4.79 Å². The Bertz CT molecular complexity index is 330. The van der Waals surface area contributed by atoms with Crippen molar-refractivity contribution in [2.75, 3.05) is 11.5 Å². The largest absolute Gasteiger partial charge is 0.303 e. The van der Waals surface area contributed by atoms with E-state index in [0.717, 1.165) is 6.29 Å². The van der Waals surface area contributed by atoms with Crippen LogP contribution in [0.3, 0.4) is 0 Å². The lowest BCUT2D eigenvalue weighted by Gasteiger charge is -2.34. The number of hydrogen-bond donors (Lipinski definition) is 0. The van der Waals surface area contributed by atoms with Gasteiger partial charge >= 0.3 is 0 Å². The molecule has 0 unspecified atom stereocenters. The van der Waals surface area contributed by atoms with Gasteiger partial charge in [0.05, 0.1) is 16.9 Å². The number of aldehydes is 1. The predicted molar refractivity (Wildman–Crippen MR) is 45.2 cm³/mol. The molecule has 0 radical (unpaired) electrons. The second-order valence-electron chi connectivity index (χ2n) is 3.12. The van der Waals surface area contributed by atoms with Gasteiger partial charge in [-0.05, 0) is 6.92 Å². The van der Waals surface area contributed by atoms with Crippen molar-refractivity contribution in [1.82, 2.24) is 0 Å². The van der Waals surface area contributed by atoms with Crippen molar-refractivity contribution < 1.29 is 13.2 Å². The summed E-state index contributed by atoms with van der Waals surface area (Å²) in [5.41, 5.74) is -0.693. The molecule has 0 atom stereocenters. The number of hydrogen-bond acceptors (Lipinski definition) is 3. The Labute approximate surface area is 72.1 Å². The molecule has 1 aliphatic rings. The molecule has 0 aromatic heterocycles. The summed E-state index contributed by atoms with van der Waals surface area (Å²) in [7, 11) is -2.93. The Morgan fingerprint density at radius 3 is 2.42 bits per heavy atom. The molecule has 0 aliphatic carbocycles. The van der Waals surface area contributed by atoms with Crippen molar-refractivity contribution in [2.24, 2.45) is 5.41 Å². The Morgan fingerprint density at radius 1 is 1.50 bits per heavy atom. The van der Waals surface area contributed by atoms with Gasteiger partial charge in [-0.25, -0.2) is 8.42 Å². The minimum absolute atomic E-state index is 0.0296. The molecule has 0 amide bonds. The minimum Gasteiger partial charge on any atom is -0.303 e. The van der Waals surface area contributed by atoms with Gasteiger partial charge in [-0.15, -0.1) is 11.8 Å². The lowest BCUT2D eigenvalue weighted by molar-refractivity contribution is -0.114. The molecule has 1 aliphatic heterocycles. The zero-order valence-electron chi connectivity index (χ0n) is 6.83. The summed E-state index contributed by atoms with van der Waals surface area (Å²) >= 11 is 0. The summed E-state index contributed by atoms with van der Waals surface area (Å²) in [4.78, 5) is 10.6. The first-order chi connectivity index (χ1) is 5.54. The summed E-state index contributed by atoms with van der Waals surface area (Å²) in [5.74, 6) is 5.32. The molecule has 12 heavy (non-hydrogen) atoms. The van der Waals surface area contributed by atoms with Crippen molar-refractivity contribution in [1.29, 1.82) is 0 Å². The van der Waals surface area contributed by atoms with Crippen LogP contribution in [0, 0.1) is 17.3 Å². The van der Waals surface area contributed by atoms with Crippen LogP contribution < -0.4 is 0 Å². The van der Waals surface area contributed by atoms with Crippen LogP contribution >= 0.6 is 0 Å². The maximum Gasteiger partial charge on any atom is 0.152 e. The molecular formula is C8H10O3S. The van der Waals surface area contributed by atoms with Crippen molar-refractivity contribution in [3.63, 3.8) is 0 Å². The summed E-state index contributed by atoms with van der Waals surface area (Å²) < 4.78 is 21.6. The van der Waals surface area contributed by atoms with Gasteiger partial charge in [-0.3, -0.25) is 0 Å². The maximum atomic E-state index is 10.8. The topological polar surface area (TPSA) is 51.2 Å². The van der Waals surface area contributed by atoms with Crippen LogP contribution in [-0.4, -0.2) is 26.2 Å². The zero-order chi connectivity index (χ0) is 9.24. The standard InChI is InChI=1S/C8H10O3S/c1-2-3-4-8(5-9)6-12(10,11)7-8/h5H,4,6-7H2,1H3. The van der Waals surface area contributed by atoms with Gasteiger partial charge in [0, 0.05) is 6.42 Å². The van der Waals surface area contributed by atoms with Crippen LogP contribution in [0.1, 0.15) is 13.3 Å². The fourth-order valence-electron chi connectivity index (χ4n) is 1.31. The van der Waals surface area contributed by atoms with E-state index in [4.69, 9.17) is 0 Å². The van der Waals surface area contributed by atoms with Crippen LogP contribution in [0.5, 0.6) is 0 Å². The molecule has 3 nitrogen and oxygen atoms in total. The summed E-state index contributed by atoms with van der Waals surface area (Å²) in [6.07, 6.45) is 1.09. The predicted octanol–water partition coefficient (Wildman–Crippen LogP) is 0.0135. The summed E-state index contributed by atoms with van der Waals surface area (Å²) in [6, 6.07) is 0.